The van der Waals surface area contributed by atoms with Crippen molar-refractivity contribution >= 4 is 28.8 Å². The Morgan fingerprint density at radius 3 is 2.75 bits per heavy atom. The summed E-state index contributed by atoms with van der Waals surface area (Å²) in [6.45, 7) is -0.0447. The van der Waals surface area contributed by atoms with Gasteiger partial charge in [0.1, 0.15) is 11.5 Å². The van der Waals surface area contributed by atoms with Gasteiger partial charge in [0.15, 0.2) is 0 Å². The number of thiocarbonyl (C=S) groups is 1. The summed E-state index contributed by atoms with van der Waals surface area (Å²) in [4.78, 5) is 23.6. The van der Waals surface area contributed by atoms with Crippen LogP contribution in [0.25, 0.3) is 0 Å². The fourth-order valence-corrected chi connectivity index (χ4v) is 1.82. The molecule has 0 aliphatic carbocycles. The Morgan fingerprint density at radius 2 is 2.05 bits per heavy atom. The Bertz CT molecular complexity index is 709. The van der Waals surface area contributed by atoms with Crippen molar-refractivity contribution in [3.05, 3.63) is 64.6 Å². The zero-order valence-corrected chi connectivity index (χ0v) is 11.4. The van der Waals surface area contributed by atoms with Crippen LogP contribution in [0, 0.1) is 0 Å². The second kappa shape index (κ2) is 6.12. The lowest BCUT2D eigenvalue weighted by molar-refractivity contribution is -0.116. The number of anilines is 1. The summed E-state index contributed by atoms with van der Waals surface area (Å²) in [6.07, 6.45) is 1.56. The minimum absolute atomic E-state index is 0.0447. The van der Waals surface area contributed by atoms with E-state index in [0.717, 1.165) is 0 Å². The first-order valence-corrected chi connectivity index (χ1v) is 6.32. The number of rotatable bonds is 4. The molecular formula is C14H13N3O2S. The van der Waals surface area contributed by atoms with E-state index in [4.69, 9.17) is 18.0 Å². The summed E-state index contributed by atoms with van der Waals surface area (Å²) in [5.74, 6) is -0.293. The molecule has 102 valence electrons. The highest BCUT2D eigenvalue weighted by atomic mass is 32.1. The van der Waals surface area contributed by atoms with Crippen molar-refractivity contribution in [3.8, 4) is 0 Å². The van der Waals surface area contributed by atoms with Gasteiger partial charge in [0, 0.05) is 23.5 Å². The first kappa shape index (κ1) is 14.0. The van der Waals surface area contributed by atoms with E-state index in [9.17, 15) is 9.59 Å². The number of nitrogens with two attached hydrogens (primary N) is 1. The van der Waals surface area contributed by atoms with Crippen molar-refractivity contribution in [1.82, 2.24) is 4.57 Å². The zero-order chi connectivity index (χ0) is 14.5. The van der Waals surface area contributed by atoms with Crippen molar-refractivity contribution in [2.45, 2.75) is 6.54 Å². The van der Waals surface area contributed by atoms with Crippen LogP contribution in [0.2, 0.25) is 0 Å². The molecule has 2 rings (SSSR count). The largest absolute Gasteiger partial charge is 0.389 e. The van der Waals surface area contributed by atoms with Crippen LogP contribution < -0.4 is 16.6 Å². The highest BCUT2D eigenvalue weighted by Crippen LogP contribution is 2.10. The Morgan fingerprint density at radius 1 is 1.25 bits per heavy atom. The summed E-state index contributed by atoms with van der Waals surface area (Å²) < 4.78 is 1.33. The van der Waals surface area contributed by atoms with Crippen LogP contribution in [-0.2, 0) is 11.3 Å². The number of amides is 1. The summed E-state index contributed by atoms with van der Waals surface area (Å²) in [5.41, 5.74) is 6.57. The zero-order valence-electron chi connectivity index (χ0n) is 10.6. The fourth-order valence-electron chi connectivity index (χ4n) is 1.70. The molecule has 0 fully saturated rings. The molecule has 0 saturated carbocycles. The summed E-state index contributed by atoms with van der Waals surface area (Å²) in [6, 6.07) is 11.7. The van der Waals surface area contributed by atoms with Gasteiger partial charge in [0.05, 0.1) is 0 Å². The first-order valence-electron chi connectivity index (χ1n) is 5.91. The van der Waals surface area contributed by atoms with Gasteiger partial charge in [-0.3, -0.25) is 9.59 Å². The van der Waals surface area contributed by atoms with Gasteiger partial charge in [-0.15, -0.1) is 0 Å². The predicted molar refractivity (Wildman–Crippen MR) is 81.7 cm³/mol. The van der Waals surface area contributed by atoms with Crippen LogP contribution in [0.15, 0.2) is 53.5 Å². The van der Waals surface area contributed by atoms with Gasteiger partial charge < -0.3 is 15.6 Å². The molecule has 0 aliphatic heterocycles. The molecule has 0 unspecified atom stereocenters. The number of pyridine rings is 1. The van der Waals surface area contributed by atoms with Gasteiger partial charge in [-0.2, -0.15) is 0 Å². The minimum Gasteiger partial charge on any atom is -0.389 e. The Balaban J connectivity index is 2.09. The summed E-state index contributed by atoms with van der Waals surface area (Å²) >= 11 is 4.88. The summed E-state index contributed by atoms with van der Waals surface area (Å²) in [7, 11) is 0. The molecule has 20 heavy (non-hydrogen) atoms. The maximum absolute atomic E-state index is 11.9. The molecule has 2 aromatic rings. The lowest BCUT2D eigenvalue weighted by Gasteiger charge is -2.08. The molecule has 0 aliphatic rings. The molecule has 0 radical (unpaired) electrons. The Labute approximate surface area is 121 Å². The first-order chi connectivity index (χ1) is 9.56. The lowest BCUT2D eigenvalue weighted by atomic mass is 10.2. The minimum atomic E-state index is -0.293. The van der Waals surface area contributed by atoms with E-state index >= 15 is 0 Å². The third-order valence-electron chi connectivity index (χ3n) is 2.64. The van der Waals surface area contributed by atoms with Gasteiger partial charge in [-0.05, 0) is 18.2 Å². The number of benzene rings is 1. The van der Waals surface area contributed by atoms with Crippen LogP contribution in [0.1, 0.15) is 5.56 Å². The maximum Gasteiger partial charge on any atom is 0.250 e. The topological polar surface area (TPSA) is 77.1 Å². The lowest BCUT2D eigenvalue weighted by Crippen LogP contribution is -2.26. The number of hydrogen-bond donors (Lipinski definition) is 2. The number of carbonyl (C=O) groups excluding carboxylic acids is 1. The molecule has 1 amide bonds. The van der Waals surface area contributed by atoms with E-state index in [1.54, 1.807) is 42.6 Å². The Kier molecular flexibility index (Phi) is 4.27. The van der Waals surface area contributed by atoms with Gasteiger partial charge in [0.25, 0.3) is 5.56 Å². The fraction of sp³-hybridized carbons (Fsp3) is 0.0714. The highest BCUT2D eigenvalue weighted by Gasteiger charge is 2.05. The van der Waals surface area contributed by atoms with E-state index in [-0.39, 0.29) is 23.0 Å². The molecular weight excluding hydrogens is 274 g/mol. The number of carbonyl (C=O) groups is 1. The van der Waals surface area contributed by atoms with E-state index in [0.29, 0.717) is 11.3 Å². The van der Waals surface area contributed by atoms with Crippen molar-refractivity contribution < 1.29 is 4.79 Å². The third kappa shape index (κ3) is 3.52. The van der Waals surface area contributed by atoms with Crippen LogP contribution in [0.5, 0.6) is 0 Å². The average Bonchev–Trinajstić information content (AvgIpc) is 2.41. The molecule has 1 aromatic carbocycles. The maximum atomic E-state index is 11.9. The van der Waals surface area contributed by atoms with E-state index in [1.165, 1.54) is 10.6 Å². The van der Waals surface area contributed by atoms with Crippen molar-refractivity contribution in [1.29, 1.82) is 0 Å². The Hall–Kier alpha value is -2.47. The van der Waals surface area contributed by atoms with Crippen LogP contribution in [0.4, 0.5) is 5.69 Å². The van der Waals surface area contributed by atoms with Gasteiger partial charge >= 0.3 is 0 Å². The normalized spacial score (nSPS) is 10.0. The predicted octanol–water partition coefficient (Wildman–Crippen LogP) is 1.12. The molecule has 5 nitrogen and oxygen atoms in total. The van der Waals surface area contributed by atoms with E-state index in [1.807, 2.05) is 0 Å². The summed E-state index contributed by atoms with van der Waals surface area (Å²) in [5, 5.41) is 2.70. The van der Waals surface area contributed by atoms with Crippen LogP contribution >= 0.6 is 12.2 Å². The monoisotopic (exact) mass is 287 g/mol. The second-order valence-electron chi connectivity index (χ2n) is 4.16. The number of nitrogens with one attached hydrogen (secondary N) is 1. The van der Waals surface area contributed by atoms with Crippen molar-refractivity contribution in [3.63, 3.8) is 0 Å². The standard InChI is InChI=1S/C14H13N3O2S/c15-14(20)10-4-3-5-11(8-10)16-12(18)9-17-7-2-1-6-13(17)19/h1-8H,9H2,(H2,15,20)(H,16,18). The number of aromatic nitrogens is 1. The van der Waals surface area contributed by atoms with Crippen molar-refractivity contribution in [2.75, 3.05) is 5.32 Å². The average molecular weight is 287 g/mol. The van der Waals surface area contributed by atoms with Crippen LogP contribution in [0.3, 0.4) is 0 Å². The highest BCUT2D eigenvalue weighted by molar-refractivity contribution is 7.80. The van der Waals surface area contributed by atoms with E-state index < -0.39 is 0 Å². The van der Waals surface area contributed by atoms with Gasteiger partial charge in [-0.1, -0.05) is 30.4 Å². The SMILES string of the molecule is NC(=S)c1cccc(NC(=O)Cn2ccccc2=O)c1. The molecule has 0 bridgehead atoms. The molecule has 0 saturated heterocycles. The second-order valence-corrected chi connectivity index (χ2v) is 4.60. The molecule has 0 spiro atoms. The molecule has 6 heteroatoms. The molecule has 1 aromatic heterocycles. The number of hydrogen-bond acceptors (Lipinski definition) is 3. The van der Waals surface area contributed by atoms with Crippen molar-refractivity contribution in [2.24, 2.45) is 5.73 Å². The third-order valence-corrected chi connectivity index (χ3v) is 2.88. The molecule has 1 heterocycles. The van der Waals surface area contributed by atoms with Gasteiger partial charge in [-0.25, -0.2) is 0 Å². The molecule has 3 N–H and O–H groups in total. The smallest absolute Gasteiger partial charge is 0.250 e. The van der Waals surface area contributed by atoms with E-state index in [2.05, 4.69) is 5.32 Å². The molecule has 0 atom stereocenters. The number of nitrogens with zero attached hydrogens (tertiary/aromatic N) is 1. The van der Waals surface area contributed by atoms with Crippen LogP contribution in [-0.4, -0.2) is 15.5 Å². The van der Waals surface area contributed by atoms with Gasteiger partial charge in [0.2, 0.25) is 5.91 Å². The quantitative estimate of drug-likeness (QED) is 0.826.